The quantitative estimate of drug-likeness (QED) is 0.319. The van der Waals surface area contributed by atoms with E-state index in [1.165, 1.54) is 89.9 Å². The second-order valence-corrected chi connectivity index (χ2v) is 7.39. The summed E-state index contributed by atoms with van der Waals surface area (Å²) in [5.41, 5.74) is 0. The summed E-state index contributed by atoms with van der Waals surface area (Å²) in [5.74, 6) is 0. The lowest BCUT2D eigenvalue weighted by Crippen LogP contribution is -2.38. The monoisotopic (exact) mass is 343 g/mol. The molecule has 1 atom stereocenters. The van der Waals surface area contributed by atoms with Gasteiger partial charge in [-0.2, -0.15) is 0 Å². The smallest absolute Gasteiger partial charge is 0.0584 e. The first-order valence-corrected chi connectivity index (χ1v) is 10.7. The van der Waals surface area contributed by atoms with E-state index in [1.807, 2.05) is 6.92 Å². The van der Waals surface area contributed by atoms with Crippen LogP contribution in [0.15, 0.2) is 0 Å². The molecule has 0 saturated heterocycles. The first-order valence-electron chi connectivity index (χ1n) is 10.7. The molecule has 24 heavy (non-hydrogen) atoms. The van der Waals surface area contributed by atoms with Gasteiger partial charge in [-0.25, -0.2) is 0 Å². The Balaban J connectivity index is 3.27. The summed E-state index contributed by atoms with van der Waals surface area (Å²) < 4.78 is 0. The van der Waals surface area contributed by atoms with Crippen molar-refractivity contribution >= 4 is 0 Å². The molecule has 1 unspecified atom stereocenters. The van der Waals surface area contributed by atoms with Crippen molar-refractivity contribution in [2.45, 2.75) is 110 Å². The first kappa shape index (κ1) is 23.9. The molecule has 0 heterocycles. The number of rotatable bonds is 19. The van der Waals surface area contributed by atoms with E-state index in [2.05, 4.69) is 11.8 Å². The molecule has 0 aromatic rings. The van der Waals surface area contributed by atoms with E-state index in [4.69, 9.17) is 5.11 Å². The van der Waals surface area contributed by atoms with Crippen LogP contribution < -0.4 is 0 Å². The zero-order valence-corrected chi connectivity index (χ0v) is 16.6. The van der Waals surface area contributed by atoms with E-state index in [0.717, 1.165) is 6.54 Å². The van der Waals surface area contributed by atoms with Crippen molar-refractivity contribution in [3.05, 3.63) is 0 Å². The van der Waals surface area contributed by atoms with Gasteiger partial charge in [-0.3, -0.25) is 4.90 Å². The Hall–Kier alpha value is -0.120. The Bertz CT molecular complexity index is 236. The lowest BCUT2D eigenvalue weighted by Gasteiger charge is -2.26. The van der Waals surface area contributed by atoms with Crippen LogP contribution in [0.25, 0.3) is 0 Å². The number of nitrogens with zero attached hydrogens (tertiary/aromatic N) is 1. The summed E-state index contributed by atoms with van der Waals surface area (Å²) in [6.45, 7) is 6.35. The van der Waals surface area contributed by atoms with Crippen molar-refractivity contribution < 1.29 is 10.2 Å². The molecule has 0 aliphatic rings. The van der Waals surface area contributed by atoms with Crippen LogP contribution in [0.2, 0.25) is 0 Å². The average Bonchev–Trinajstić information content (AvgIpc) is 2.60. The third kappa shape index (κ3) is 15.4. The highest BCUT2D eigenvalue weighted by Crippen LogP contribution is 2.13. The van der Waals surface area contributed by atoms with Gasteiger partial charge in [0.25, 0.3) is 0 Å². The topological polar surface area (TPSA) is 43.7 Å². The molecule has 3 nitrogen and oxygen atoms in total. The molecule has 0 aliphatic heterocycles. The lowest BCUT2D eigenvalue weighted by atomic mass is 10.0. The van der Waals surface area contributed by atoms with Gasteiger partial charge in [0, 0.05) is 12.6 Å². The number of aliphatic hydroxyl groups excluding tert-OH is 2. The average molecular weight is 344 g/mol. The molecule has 0 aromatic carbocycles. The fourth-order valence-corrected chi connectivity index (χ4v) is 3.31. The standard InChI is InChI=1S/C21H45NO2/c1-3-4-5-6-7-8-9-10-11-12-13-14-15-16-17-22(18-19-23)21(2)20-24/h21,23-24H,3-20H2,1-2H3. The Kier molecular flexibility index (Phi) is 19.1. The third-order valence-corrected chi connectivity index (χ3v) is 5.07. The van der Waals surface area contributed by atoms with E-state index >= 15 is 0 Å². The van der Waals surface area contributed by atoms with E-state index in [9.17, 15) is 5.11 Å². The van der Waals surface area contributed by atoms with Crippen molar-refractivity contribution in [1.82, 2.24) is 4.90 Å². The number of unbranched alkanes of at least 4 members (excludes halogenated alkanes) is 13. The highest BCUT2D eigenvalue weighted by Gasteiger charge is 2.11. The van der Waals surface area contributed by atoms with Crippen LogP contribution >= 0.6 is 0 Å². The molecule has 2 N–H and O–H groups in total. The fraction of sp³-hybridized carbons (Fsp3) is 1.00. The number of aliphatic hydroxyl groups is 2. The molecule has 0 amide bonds. The zero-order valence-electron chi connectivity index (χ0n) is 16.6. The van der Waals surface area contributed by atoms with Crippen LogP contribution in [0.3, 0.4) is 0 Å². The molecular formula is C21H45NO2. The van der Waals surface area contributed by atoms with Crippen LogP contribution in [0.4, 0.5) is 0 Å². The second-order valence-electron chi connectivity index (χ2n) is 7.39. The van der Waals surface area contributed by atoms with Crippen LogP contribution in [-0.2, 0) is 0 Å². The minimum Gasteiger partial charge on any atom is -0.395 e. The second kappa shape index (κ2) is 19.2. The molecule has 0 rings (SSSR count). The van der Waals surface area contributed by atoms with Crippen molar-refractivity contribution in [3.63, 3.8) is 0 Å². The maximum absolute atomic E-state index is 9.22. The third-order valence-electron chi connectivity index (χ3n) is 5.07. The number of hydrogen-bond acceptors (Lipinski definition) is 3. The van der Waals surface area contributed by atoms with Gasteiger partial charge in [-0.05, 0) is 19.9 Å². The molecule has 0 bridgehead atoms. The summed E-state index contributed by atoms with van der Waals surface area (Å²) in [5, 5.41) is 18.3. The SMILES string of the molecule is CCCCCCCCCCCCCCCCN(CCO)C(C)CO. The molecule has 0 saturated carbocycles. The van der Waals surface area contributed by atoms with E-state index in [1.54, 1.807) is 0 Å². The summed E-state index contributed by atoms with van der Waals surface area (Å²) in [7, 11) is 0. The maximum Gasteiger partial charge on any atom is 0.0584 e. The summed E-state index contributed by atoms with van der Waals surface area (Å²) in [4.78, 5) is 2.19. The van der Waals surface area contributed by atoms with Crippen LogP contribution in [0.5, 0.6) is 0 Å². The van der Waals surface area contributed by atoms with Gasteiger partial charge in [0.15, 0.2) is 0 Å². The molecule has 0 spiro atoms. The van der Waals surface area contributed by atoms with Gasteiger partial charge in [0.05, 0.1) is 13.2 Å². The van der Waals surface area contributed by atoms with Crippen LogP contribution in [-0.4, -0.2) is 47.5 Å². The predicted molar refractivity (Wildman–Crippen MR) is 106 cm³/mol. The molecule has 0 radical (unpaired) electrons. The first-order chi connectivity index (χ1) is 11.8. The molecule has 0 fully saturated rings. The largest absolute Gasteiger partial charge is 0.395 e. The predicted octanol–water partition coefficient (Wildman–Crippen LogP) is 5.14. The van der Waals surface area contributed by atoms with Gasteiger partial charge < -0.3 is 10.2 Å². The zero-order chi connectivity index (χ0) is 17.9. The normalized spacial score (nSPS) is 12.9. The Morgan fingerprint density at radius 3 is 1.42 bits per heavy atom. The van der Waals surface area contributed by atoms with Gasteiger partial charge in [-0.15, -0.1) is 0 Å². The van der Waals surface area contributed by atoms with Crippen molar-refractivity contribution in [3.8, 4) is 0 Å². The fourth-order valence-electron chi connectivity index (χ4n) is 3.31. The van der Waals surface area contributed by atoms with Crippen LogP contribution in [0, 0.1) is 0 Å². The highest BCUT2D eigenvalue weighted by molar-refractivity contribution is 4.65. The van der Waals surface area contributed by atoms with Crippen molar-refractivity contribution in [2.24, 2.45) is 0 Å². The van der Waals surface area contributed by atoms with Crippen molar-refractivity contribution in [1.29, 1.82) is 0 Å². The molecule has 0 aliphatic carbocycles. The van der Waals surface area contributed by atoms with Gasteiger partial charge in [0.1, 0.15) is 0 Å². The molecular weight excluding hydrogens is 298 g/mol. The minimum atomic E-state index is 0.166. The van der Waals surface area contributed by atoms with Gasteiger partial charge in [0.2, 0.25) is 0 Å². The minimum absolute atomic E-state index is 0.166. The highest BCUT2D eigenvalue weighted by atomic mass is 16.3. The Labute approximate surface area is 151 Å². The van der Waals surface area contributed by atoms with Crippen LogP contribution in [0.1, 0.15) is 104 Å². The van der Waals surface area contributed by atoms with E-state index in [0.29, 0.717) is 6.54 Å². The lowest BCUT2D eigenvalue weighted by molar-refractivity contribution is 0.109. The van der Waals surface area contributed by atoms with Gasteiger partial charge >= 0.3 is 0 Å². The molecule has 3 heteroatoms. The molecule has 0 aromatic heterocycles. The Morgan fingerprint density at radius 1 is 0.625 bits per heavy atom. The van der Waals surface area contributed by atoms with E-state index in [-0.39, 0.29) is 19.3 Å². The maximum atomic E-state index is 9.22. The number of hydrogen-bond donors (Lipinski definition) is 2. The Morgan fingerprint density at radius 2 is 1.04 bits per heavy atom. The summed E-state index contributed by atoms with van der Waals surface area (Å²) >= 11 is 0. The molecule has 146 valence electrons. The van der Waals surface area contributed by atoms with E-state index < -0.39 is 0 Å². The van der Waals surface area contributed by atoms with Gasteiger partial charge in [-0.1, -0.05) is 90.4 Å². The van der Waals surface area contributed by atoms with Crippen molar-refractivity contribution in [2.75, 3.05) is 26.3 Å². The summed E-state index contributed by atoms with van der Waals surface area (Å²) in [6.07, 6.45) is 19.3. The summed E-state index contributed by atoms with van der Waals surface area (Å²) in [6, 6.07) is 0.166.